The van der Waals surface area contributed by atoms with Crippen molar-refractivity contribution in [2.45, 2.75) is 0 Å². The van der Waals surface area contributed by atoms with Crippen molar-refractivity contribution in [3.63, 3.8) is 0 Å². The van der Waals surface area contributed by atoms with Crippen molar-refractivity contribution >= 4 is 40.6 Å². The zero-order valence-corrected chi connectivity index (χ0v) is 12.8. The Morgan fingerprint density at radius 2 is 1.71 bits per heavy atom. The van der Waals surface area contributed by atoms with Crippen molar-refractivity contribution < 1.29 is 14.6 Å². The summed E-state index contributed by atoms with van der Waals surface area (Å²) >= 11 is 5.87. The Balaban J connectivity index is 2.09. The molecule has 0 unspecified atom stereocenters. The van der Waals surface area contributed by atoms with E-state index in [9.17, 15) is 25.0 Å². The summed E-state index contributed by atoms with van der Waals surface area (Å²) in [6, 6.07) is 9.43. The fraction of sp³-hybridized carbons (Fsp3) is 0. The highest BCUT2D eigenvalue weighted by Crippen LogP contribution is 2.26. The van der Waals surface area contributed by atoms with Gasteiger partial charge in [-0.3, -0.25) is 25.0 Å². The number of amides is 1. The Bertz CT molecular complexity index is 851. The number of hydrogen-bond acceptors (Lipinski definition) is 5. The number of non-ortho nitro benzene ring substituents is 2. The molecule has 0 heterocycles. The monoisotopic (exact) mass is 347 g/mol. The van der Waals surface area contributed by atoms with Gasteiger partial charge in [0.15, 0.2) is 0 Å². The van der Waals surface area contributed by atoms with Crippen LogP contribution < -0.4 is 5.32 Å². The molecular formula is C15H10ClN3O5. The molecule has 0 aliphatic carbocycles. The molecule has 0 spiro atoms. The van der Waals surface area contributed by atoms with Crippen LogP contribution in [-0.2, 0) is 4.79 Å². The van der Waals surface area contributed by atoms with Crippen LogP contribution in [0.2, 0.25) is 5.02 Å². The van der Waals surface area contributed by atoms with E-state index < -0.39 is 15.8 Å². The standard InChI is InChI=1S/C15H10ClN3O5/c16-13-9-12(19(23)24)5-6-14(13)17-15(20)7-4-10-2-1-3-11(8-10)18(21)22/h1-9H,(H,17,20)/b7-4+. The molecule has 9 heteroatoms. The van der Waals surface area contributed by atoms with Gasteiger partial charge in [-0.1, -0.05) is 23.7 Å². The Labute approximate surface area is 140 Å². The quantitative estimate of drug-likeness (QED) is 0.501. The minimum absolute atomic E-state index is 0.0290. The van der Waals surface area contributed by atoms with E-state index in [4.69, 9.17) is 11.6 Å². The van der Waals surface area contributed by atoms with E-state index in [0.29, 0.717) is 5.56 Å². The maximum Gasteiger partial charge on any atom is 0.271 e. The number of nitrogens with zero attached hydrogens (tertiary/aromatic N) is 2. The normalized spacial score (nSPS) is 10.5. The number of nitro benzene ring substituents is 2. The number of carbonyl (C=O) groups excluding carboxylic acids is 1. The van der Waals surface area contributed by atoms with Crippen LogP contribution >= 0.6 is 11.6 Å². The third-order valence-corrected chi connectivity index (χ3v) is 3.24. The summed E-state index contributed by atoms with van der Waals surface area (Å²) in [5, 5.41) is 23.8. The lowest BCUT2D eigenvalue weighted by molar-refractivity contribution is -0.385. The maximum absolute atomic E-state index is 11.9. The van der Waals surface area contributed by atoms with Crippen LogP contribution in [0.4, 0.5) is 17.1 Å². The van der Waals surface area contributed by atoms with Crippen LogP contribution in [-0.4, -0.2) is 15.8 Å². The van der Waals surface area contributed by atoms with Gasteiger partial charge in [-0.15, -0.1) is 0 Å². The molecule has 24 heavy (non-hydrogen) atoms. The molecule has 2 rings (SSSR count). The van der Waals surface area contributed by atoms with Gasteiger partial charge >= 0.3 is 0 Å². The lowest BCUT2D eigenvalue weighted by Gasteiger charge is -2.04. The van der Waals surface area contributed by atoms with Gasteiger partial charge in [-0.2, -0.15) is 0 Å². The molecule has 0 fully saturated rings. The minimum Gasteiger partial charge on any atom is -0.321 e. The Morgan fingerprint density at radius 3 is 2.33 bits per heavy atom. The van der Waals surface area contributed by atoms with Crippen molar-refractivity contribution in [3.8, 4) is 0 Å². The van der Waals surface area contributed by atoms with Crippen LogP contribution in [0.3, 0.4) is 0 Å². The van der Waals surface area contributed by atoms with E-state index in [2.05, 4.69) is 5.32 Å². The average molecular weight is 348 g/mol. The number of nitro groups is 2. The van der Waals surface area contributed by atoms with Gasteiger partial charge in [0.05, 0.1) is 20.6 Å². The lowest BCUT2D eigenvalue weighted by Crippen LogP contribution is -2.08. The van der Waals surface area contributed by atoms with Gasteiger partial charge in [0.25, 0.3) is 11.4 Å². The molecule has 1 amide bonds. The molecule has 0 saturated heterocycles. The van der Waals surface area contributed by atoms with Crippen molar-refractivity contribution in [2.24, 2.45) is 0 Å². The zero-order chi connectivity index (χ0) is 17.7. The molecule has 0 bridgehead atoms. The summed E-state index contributed by atoms with van der Waals surface area (Å²) in [5.41, 5.74) is 0.422. The van der Waals surface area contributed by atoms with Gasteiger partial charge in [0.2, 0.25) is 5.91 Å². The van der Waals surface area contributed by atoms with Crippen LogP contribution in [0, 0.1) is 20.2 Å². The number of nitrogens with one attached hydrogen (secondary N) is 1. The Hall–Kier alpha value is -3.26. The second-order valence-corrected chi connectivity index (χ2v) is 5.00. The van der Waals surface area contributed by atoms with Crippen LogP contribution in [0.15, 0.2) is 48.5 Å². The number of hydrogen-bond donors (Lipinski definition) is 1. The molecule has 2 aromatic carbocycles. The predicted octanol–water partition coefficient (Wildman–Crippen LogP) is 3.81. The van der Waals surface area contributed by atoms with Gasteiger partial charge in [0, 0.05) is 30.3 Å². The highest BCUT2D eigenvalue weighted by molar-refractivity contribution is 6.34. The first-order valence-electron chi connectivity index (χ1n) is 6.54. The third-order valence-electron chi connectivity index (χ3n) is 2.93. The number of carbonyl (C=O) groups is 1. The number of halogens is 1. The number of anilines is 1. The fourth-order valence-corrected chi connectivity index (χ4v) is 2.03. The van der Waals surface area contributed by atoms with Crippen LogP contribution in [0.5, 0.6) is 0 Å². The Morgan fingerprint density at radius 1 is 1.04 bits per heavy atom. The summed E-state index contributed by atoms with van der Waals surface area (Å²) in [6.07, 6.45) is 2.58. The minimum atomic E-state index is -0.598. The summed E-state index contributed by atoms with van der Waals surface area (Å²) in [4.78, 5) is 32.0. The molecule has 0 aliphatic heterocycles. The van der Waals surface area contributed by atoms with Gasteiger partial charge in [0.1, 0.15) is 0 Å². The fourth-order valence-electron chi connectivity index (χ4n) is 1.81. The van der Waals surface area contributed by atoms with Gasteiger partial charge in [-0.25, -0.2) is 0 Å². The van der Waals surface area contributed by atoms with Crippen molar-refractivity contribution in [1.29, 1.82) is 0 Å². The zero-order valence-electron chi connectivity index (χ0n) is 12.0. The molecule has 2 aromatic rings. The van der Waals surface area contributed by atoms with E-state index >= 15 is 0 Å². The molecule has 1 N–H and O–H groups in total. The lowest BCUT2D eigenvalue weighted by atomic mass is 10.2. The van der Waals surface area contributed by atoms with Crippen molar-refractivity contribution in [3.05, 3.63) is 79.4 Å². The first kappa shape index (κ1) is 17.1. The first-order chi connectivity index (χ1) is 11.4. The van der Waals surface area contributed by atoms with E-state index in [1.807, 2.05) is 0 Å². The molecule has 122 valence electrons. The molecule has 0 aromatic heterocycles. The summed E-state index contributed by atoms with van der Waals surface area (Å²) in [6.45, 7) is 0. The molecule has 0 saturated carbocycles. The molecule has 0 atom stereocenters. The predicted molar refractivity (Wildman–Crippen MR) is 88.9 cm³/mol. The molecule has 8 nitrogen and oxygen atoms in total. The van der Waals surface area contributed by atoms with Crippen LogP contribution in [0.1, 0.15) is 5.56 Å². The van der Waals surface area contributed by atoms with Gasteiger partial charge in [-0.05, 0) is 17.7 Å². The topological polar surface area (TPSA) is 115 Å². The van der Waals surface area contributed by atoms with Crippen LogP contribution in [0.25, 0.3) is 6.08 Å². The molecule has 0 radical (unpaired) electrons. The summed E-state index contributed by atoms with van der Waals surface area (Å²) in [7, 11) is 0. The third kappa shape index (κ3) is 4.37. The Kier molecular flexibility index (Phi) is 5.23. The number of benzene rings is 2. The average Bonchev–Trinajstić information content (AvgIpc) is 2.55. The largest absolute Gasteiger partial charge is 0.321 e. The summed E-state index contributed by atoms with van der Waals surface area (Å²) in [5.74, 6) is -0.530. The van der Waals surface area contributed by atoms with E-state index in [-0.39, 0.29) is 22.1 Å². The highest BCUT2D eigenvalue weighted by Gasteiger charge is 2.10. The maximum atomic E-state index is 11.9. The smallest absolute Gasteiger partial charge is 0.271 e. The second kappa shape index (κ2) is 7.34. The van der Waals surface area contributed by atoms with Crippen molar-refractivity contribution in [1.82, 2.24) is 0 Å². The van der Waals surface area contributed by atoms with E-state index in [1.54, 1.807) is 6.07 Å². The van der Waals surface area contributed by atoms with Gasteiger partial charge < -0.3 is 5.32 Å². The summed E-state index contributed by atoms with van der Waals surface area (Å²) < 4.78 is 0. The number of rotatable bonds is 5. The SMILES string of the molecule is O=C(/C=C/c1cccc([N+](=O)[O-])c1)Nc1ccc([N+](=O)[O-])cc1Cl. The second-order valence-electron chi connectivity index (χ2n) is 4.60. The first-order valence-corrected chi connectivity index (χ1v) is 6.92. The van der Waals surface area contributed by atoms with E-state index in [1.165, 1.54) is 42.5 Å². The molecule has 0 aliphatic rings. The molecular weight excluding hydrogens is 338 g/mol. The van der Waals surface area contributed by atoms with E-state index in [0.717, 1.165) is 6.07 Å². The highest BCUT2D eigenvalue weighted by atomic mass is 35.5. The van der Waals surface area contributed by atoms with Crippen molar-refractivity contribution in [2.75, 3.05) is 5.32 Å².